The maximum absolute atomic E-state index is 11.8. The molecule has 1 fully saturated rings. The number of hydrogen-bond donors (Lipinski definition) is 2. The smallest absolute Gasteiger partial charge is 0.435 e. The zero-order valence-corrected chi connectivity index (χ0v) is 10.8. The summed E-state index contributed by atoms with van der Waals surface area (Å²) in [5.74, 6) is -2.69. The highest BCUT2D eigenvalue weighted by Gasteiger charge is 2.45. The number of nitrogens with zero attached hydrogens (tertiary/aromatic N) is 1. The lowest BCUT2D eigenvalue weighted by molar-refractivity contribution is -0.179. The van der Waals surface area contributed by atoms with E-state index in [9.17, 15) is 14.4 Å². The standard InChI is InChI=1S/C13H13NO7/c15-11(16)9-6-10(12(17)18)21-14(9)13(19)20-7-8-4-2-1-3-5-8/h1-5,9-10H,6-7H2,(H,15,16)(H,17,18)/t9-,10+/m0/s1. The van der Waals surface area contributed by atoms with Crippen molar-refractivity contribution < 1.29 is 34.2 Å². The highest BCUT2D eigenvalue weighted by atomic mass is 16.7. The fraction of sp³-hybridized carbons (Fsp3) is 0.308. The predicted octanol–water partition coefficient (Wildman–Crippen LogP) is 0.867. The molecule has 0 bridgehead atoms. The van der Waals surface area contributed by atoms with Gasteiger partial charge in [-0.25, -0.2) is 14.4 Å². The topological polar surface area (TPSA) is 113 Å². The minimum atomic E-state index is -1.38. The highest BCUT2D eigenvalue weighted by Crippen LogP contribution is 2.23. The van der Waals surface area contributed by atoms with Gasteiger partial charge in [0.2, 0.25) is 0 Å². The molecule has 1 aliphatic rings. The third-order valence-corrected chi connectivity index (χ3v) is 2.91. The van der Waals surface area contributed by atoms with Crippen LogP contribution < -0.4 is 0 Å². The number of ether oxygens (including phenoxy) is 1. The molecule has 1 aromatic rings. The Morgan fingerprint density at radius 3 is 2.43 bits per heavy atom. The molecule has 0 spiro atoms. The van der Waals surface area contributed by atoms with E-state index in [2.05, 4.69) is 0 Å². The number of hydrogen-bond acceptors (Lipinski definition) is 5. The Bertz CT molecular complexity index is 545. The molecule has 1 saturated heterocycles. The molecular weight excluding hydrogens is 282 g/mol. The van der Waals surface area contributed by atoms with Crippen LogP contribution in [0.4, 0.5) is 4.79 Å². The Hall–Kier alpha value is -2.61. The minimum absolute atomic E-state index is 0.0659. The lowest BCUT2D eigenvalue weighted by Gasteiger charge is -2.18. The molecule has 2 rings (SSSR count). The summed E-state index contributed by atoms with van der Waals surface area (Å²) in [6.07, 6.45) is -2.74. The predicted molar refractivity (Wildman–Crippen MR) is 67.0 cm³/mol. The fourth-order valence-corrected chi connectivity index (χ4v) is 1.85. The summed E-state index contributed by atoms with van der Waals surface area (Å²) in [6, 6.07) is 7.40. The molecule has 0 aliphatic carbocycles. The summed E-state index contributed by atoms with van der Waals surface area (Å²) in [6.45, 7) is -0.0659. The Labute approximate surface area is 119 Å². The molecule has 0 saturated carbocycles. The van der Waals surface area contributed by atoms with Crippen molar-refractivity contribution in [2.75, 3.05) is 0 Å². The molecule has 112 valence electrons. The van der Waals surface area contributed by atoms with Crippen molar-refractivity contribution in [3.8, 4) is 0 Å². The van der Waals surface area contributed by atoms with Crippen LogP contribution in [0, 0.1) is 0 Å². The van der Waals surface area contributed by atoms with Crippen molar-refractivity contribution >= 4 is 18.0 Å². The third kappa shape index (κ3) is 3.48. The number of benzene rings is 1. The van der Waals surface area contributed by atoms with E-state index in [-0.39, 0.29) is 13.0 Å². The van der Waals surface area contributed by atoms with Crippen molar-refractivity contribution in [1.29, 1.82) is 0 Å². The van der Waals surface area contributed by atoms with Crippen molar-refractivity contribution in [3.05, 3.63) is 35.9 Å². The molecule has 1 heterocycles. The van der Waals surface area contributed by atoms with Gasteiger partial charge in [0.1, 0.15) is 6.61 Å². The van der Waals surface area contributed by atoms with Gasteiger partial charge in [-0.1, -0.05) is 30.3 Å². The van der Waals surface area contributed by atoms with Crippen LogP contribution in [0.5, 0.6) is 0 Å². The number of hydroxylamine groups is 2. The average molecular weight is 295 g/mol. The van der Waals surface area contributed by atoms with Crippen molar-refractivity contribution in [1.82, 2.24) is 5.06 Å². The van der Waals surface area contributed by atoms with Crippen molar-refractivity contribution in [2.45, 2.75) is 25.2 Å². The van der Waals surface area contributed by atoms with E-state index in [1.165, 1.54) is 0 Å². The summed E-state index contributed by atoms with van der Waals surface area (Å²) in [4.78, 5) is 38.5. The van der Waals surface area contributed by atoms with Gasteiger partial charge in [-0.2, -0.15) is 5.06 Å². The van der Waals surface area contributed by atoms with E-state index in [0.29, 0.717) is 10.6 Å². The first-order valence-corrected chi connectivity index (χ1v) is 6.11. The van der Waals surface area contributed by atoms with E-state index in [1.54, 1.807) is 30.3 Å². The van der Waals surface area contributed by atoms with Gasteiger partial charge in [-0.05, 0) is 5.56 Å². The zero-order valence-electron chi connectivity index (χ0n) is 10.8. The largest absolute Gasteiger partial charge is 0.480 e. The number of carboxylic acid groups (broad SMARTS) is 2. The lowest BCUT2D eigenvalue weighted by Crippen LogP contribution is -2.39. The second kappa shape index (κ2) is 6.23. The lowest BCUT2D eigenvalue weighted by atomic mass is 10.1. The van der Waals surface area contributed by atoms with Crippen LogP contribution in [0.15, 0.2) is 30.3 Å². The molecule has 2 atom stereocenters. The molecular formula is C13H13NO7. The quantitative estimate of drug-likeness (QED) is 0.847. The van der Waals surface area contributed by atoms with Crippen molar-refractivity contribution in [2.24, 2.45) is 0 Å². The summed E-state index contributed by atoms with van der Waals surface area (Å²) in [5, 5.41) is 18.3. The van der Waals surface area contributed by atoms with Gasteiger partial charge in [0.05, 0.1) is 0 Å². The van der Waals surface area contributed by atoms with Gasteiger partial charge in [-0.3, -0.25) is 4.84 Å². The van der Waals surface area contributed by atoms with Crippen LogP contribution >= 0.6 is 0 Å². The van der Waals surface area contributed by atoms with Crippen LogP contribution in [0.1, 0.15) is 12.0 Å². The van der Waals surface area contributed by atoms with Crippen LogP contribution in [0.25, 0.3) is 0 Å². The maximum Gasteiger partial charge on any atom is 0.435 e. The summed E-state index contributed by atoms with van der Waals surface area (Å²) in [5.41, 5.74) is 0.715. The SMILES string of the molecule is O=C(O)[C@H]1C[C@@H](C(=O)O)N(C(=O)OCc2ccccc2)O1. The number of carbonyl (C=O) groups excluding carboxylic acids is 1. The number of aliphatic carboxylic acids is 2. The second-order valence-corrected chi connectivity index (χ2v) is 4.39. The Kier molecular flexibility index (Phi) is 4.39. The van der Waals surface area contributed by atoms with Gasteiger partial charge >= 0.3 is 18.0 Å². The molecule has 1 aromatic carbocycles. The van der Waals surface area contributed by atoms with Gasteiger partial charge in [0, 0.05) is 6.42 Å². The monoisotopic (exact) mass is 295 g/mol. The van der Waals surface area contributed by atoms with Gasteiger partial charge in [-0.15, -0.1) is 0 Å². The van der Waals surface area contributed by atoms with Crippen LogP contribution in [0.3, 0.4) is 0 Å². The van der Waals surface area contributed by atoms with E-state index in [4.69, 9.17) is 19.8 Å². The molecule has 0 unspecified atom stereocenters. The molecule has 1 aliphatic heterocycles. The van der Waals surface area contributed by atoms with E-state index in [0.717, 1.165) is 0 Å². The summed E-state index contributed by atoms with van der Waals surface area (Å²) >= 11 is 0. The first-order chi connectivity index (χ1) is 9.99. The van der Waals surface area contributed by atoms with E-state index < -0.39 is 30.2 Å². The Morgan fingerprint density at radius 2 is 1.86 bits per heavy atom. The zero-order chi connectivity index (χ0) is 15.4. The average Bonchev–Trinajstić information content (AvgIpc) is 2.91. The van der Waals surface area contributed by atoms with Crippen LogP contribution in [0.2, 0.25) is 0 Å². The molecule has 0 aromatic heterocycles. The minimum Gasteiger partial charge on any atom is -0.480 e. The van der Waals surface area contributed by atoms with Crippen LogP contribution in [-0.2, 0) is 25.8 Å². The number of amides is 1. The normalized spacial score (nSPS) is 21.0. The third-order valence-electron chi connectivity index (χ3n) is 2.91. The Morgan fingerprint density at radius 1 is 1.19 bits per heavy atom. The molecule has 21 heavy (non-hydrogen) atoms. The summed E-state index contributed by atoms with van der Waals surface area (Å²) < 4.78 is 4.93. The first-order valence-electron chi connectivity index (χ1n) is 6.11. The van der Waals surface area contributed by atoms with Gasteiger partial charge < -0.3 is 14.9 Å². The Balaban J connectivity index is 1.99. The number of carbonyl (C=O) groups is 3. The molecule has 8 nitrogen and oxygen atoms in total. The molecule has 2 N–H and O–H groups in total. The molecule has 1 amide bonds. The van der Waals surface area contributed by atoms with Gasteiger partial charge in [0.25, 0.3) is 0 Å². The number of rotatable bonds is 4. The summed E-state index contributed by atoms with van der Waals surface area (Å²) in [7, 11) is 0. The van der Waals surface area contributed by atoms with Gasteiger partial charge in [0.15, 0.2) is 12.1 Å². The molecule has 8 heteroatoms. The highest BCUT2D eigenvalue weighted by molar-refractivity contribution is 5.82. The number of carboxylic acids is 2. The van der Waals surface area contributed by atoms with Crippen molar-refractivity contribution in [3.63, 3.8) is 0 Å². The van der Waals surface area contributed by atoms with Crippen LogP contribution in [-0.4, -0.2) is 45.5 Å². The second-order valence-electron chi connectivity index (χ2n) is 4.39. The fourth-order valence-electron chi connectivity index (χ4n) is 1.85. The first kappa shape index (κ1) is 14.8. The van der Waals surface area contributed by atoms with E-state index in [1.807, 2.05) is 0 Å². The molecule has 0 radical (unpaired) electrons. The maximum atomic E-state index is 11.8. The van der Waals surface area contributed by atoms with E-state index >= 15 is 0 Å².